The van der Waals surface area contributed by atoms with Crippen LogP contribution in [0.4, 0.5) is 0 Å². The number of hydrogen-bond donors (Lipinski definition) is 0. The van der Waals surface area contributed by atoms with E-state index in [0.29, 0.717) is 11.6 Å². The monoisotopic (exact) mass is 263 g/mol. The zero-order valence-corrected chi connectivity index (χ0v) is 10.1. The summed E-state index contributed by atoms with van der Waals surface area (Å²) in [5, 5.41) is 14.2. The number of fused-ring (bicyclic) bond motifs is 1. The van der Waals surface area contributed by atoms with Crippen molar-refractivity contribution >= 4 is 26.8 Å². The Hall–Kier alpha value is -1.34. The zero-order valence-electron chi connectivity index (χ0n) is 8.53. The van der Waals surface area contributed by atoms with Crippen LogP contribution in [0.2, 0.25) is 0 Å². The molecule has 0 saturated carbocycles. The molecule has 0 unspecified atom stereocenters. The molecule has 76 valence electrons. The number of nitrogens with zero attached hydrogens (tertiary/aromatic N) is 3. The molecule has 2 aromatic rings. The lowest BCUT2D eigenvalue weighted by Gasteiger charge is -2.06. The molecule has 1 aromatic carbocycles. The van der Waals surface area contributed by atoms with Gasteiger partial charge in [0.2, 0.25) is 0 Å². The quantitative estimate of drug-likeness (QED) is 0.793. The van der Waals surface area contributed by atoms with Gasteiger partial charge in [-0.2, -0.15) is 10.4 Å². The molecule has 0 fully saturated rings. The van der Waals surface area contributed by atoms with Crippen molar-refractivity contribution in [2.75, 3.05) is 0 Å². The van der Waals surface area contributed by atoms with E-state index in [0.717, 1.165) is 15.5 Å². The predicted molar refractivity (Wildman–Crippen MR) is 62.5 cm³/mol. The van der Waals surface area contributed by atoms with E-state index < -0.39 is 0 Å². The van der Waals surface area contributed by atoms with E-state index >= 15 is 0 Å². The first-order valence-electron chi connectivity index (χ1n) is 4.71. The summed E-state index contributed by atoms with van der Waals surface area (Å²) in [4.78, 5) is 0. The van der Waals surface area contributed by atoms with Gasteiger partial charge in [0, 0.05) is 11.4 Å². The average Bonchev–Trinajstić information content (AvgIpc) is 2.56. The maximum atomic E-state index is 8.81. The first-order chi connectivity index (χ1) is 7.13. The van der Waals surface area contributed by atoms with Crippen molar-refractivity contribution in [2.45, 2.75) is 19.9 Å². The predicted octanol–water partition coefficient (Wildman–Crippen LogP) is 3.25. The molecular weight excluding hydrogens is 254 g/mol. The number of aromatic nitrogens is 2. The smallest absolute Gasteiger partial charge is 0.136 e. The molecule has 0 atom stereocenters. The maximum absolute atomic E-state index is 8.81. The van der Waals surface area contributed by atoms with Gasteiger partial charge >= 0.3 is 0 Å². The Morgan fingerprint density at radius 2 is 2.20 bits per heavy atom. The number of nitriles is 1. The van der Waals surface area contributed by atoms with E-state index in [-0.39, 0.29) is 0 Å². The van der Waals surface area contributed by atoms with E-state index in [2.05, 4.69) is 40.9 Å². The second-order valence-electron chi connectivity index (χ2n) is 3.67. The Morgan fingerprint density at radius 3 is 2.80 bits per heavy atom. The molecular formula is C11H10BrN3. The van der Waals surface area contributed by atoms with Gasteiger partial charge in [-0.05, 0) is 48.0 Å². The fraction of sp³-hybridized carbons (Fsp3) is 0.273. The van der Waals surface area contributed by atoms with Crippen LogP contribution >= 0.6 is 15.9 Å². The van der Waals surface area contributed by atoms with E-state index in [4.69, 9.17) is 5.26 Å². The fourth-order valence-electron chi connectivity index (χ4n) is 1.57. The molecule has 1 aromatic heterocycles. The highest BCUT2D eigenvalue weighted by Gasteiger charge is 2.10. The second kappa shape index (κ2) is 3.67. The molecule has 0 N–H and O–H groups in total. The second-order valence-corrected chi connectivity index (χ2v) is 4.42. The van der Waals surface area contributed by atoms with Crippen LogP contribution in [0.25, 0.3) is 10.9 Å². The summed E-state index contributed by atoms with van der Waals surface area (Å²) >= 11 is 3.41. The molecule has 15 heavy (non-hydrogen) atoms. The Bertz CT molecular complexity index is 549. The maximum Gasteiger partial charge on any atom is 0.136 e. The summed E-state index contributed by atoms with van der Waals surface area (Å²) in [5.74, 6) is 0. The van der Waals surface area contributed by atoms with Gasteiger partial charge in [-0.1, -0.05) is 0 Å². The summed E-state index contributed by atoms with van der Waals surface area (Å²) in [6.07, 6.45) is 0. The summed E-state index contributed by atoms with van der Waals surface area (Å²) < 4.78 is 2.74. The lowest BCUT2D eigenvalue weighted by atomic mass is 10.2. The normalized spacial score (nSPS) is 10.9. The molecule has 0 aliphatic rings. The van der Waals surface area contributed by atoms with Gasteiger partial charge in [-0.3, -0.25) is 4.68 Å². The minimum Gasteiger partial charge on any atom is -0.261 e. The van der Waals surface area contributed by atoms with Crippen molar-refractivity contribution in [3.05, 3.63) is 28.4 Å². The Morgan fingerprint density at radius 1 is 1.47 bits per heavy atom. The molecule has 0 bridgehead atoms. The van der Waals surface area contributed by atoms with Gasteiger partial charge in [0.05, 0.1) is 17.1 Å². The van der Waals surface area contributed by atoms with Crippen molar-refractivity contribution in [3.63, 3.8) is 0 Å². The third-order valence-corrected chi connectivity index (χ3v) is 2.87. The lowest BCUT2D eigenvalue weighted by molar-refractivity contribution is 0.548. The van der Waals surface area contributed by atoms with Crippen LogP contribution in [0.15, 0.2) is 22.8 Å². The molecule has 0 saturated heterocycles. The molecule has 0 spiro atoms. The van der Waals surface area contributed by atoms with Crippen LogP contribution in [-0.4, -0.2) is 9.78 Å². The third kappa shape index (κ3) is 1.64. The largest absolute Gasteiger partial charge is 0.261 e. The Labute approximate surface area is 96.4 Å². The van der Waals surface area contributed by atoms with E-state index in [1.54, 1.807) is 0 Å². The topological polar surface area (TPSA) is 41.6 Å². The molecule has 0 amide bonds. The van der Waals surface area contributed by atoms with Gasteiger partial charge in [0.1, 0.15) is 4.60 Å². The first-order valence-corrected chi connectivity index (χ1v) is 5.50. The summed E-state index contributed by atoms with van der Waals surface area (Å²) in [6, 6.07) is 8.04. The van der Waals surface area contributed by atoms with Crippen LogP contribution in [0.3, 0.4) is 0 Å². The minimum atomic E-state index is 0.312. The van der Waals surface area contributed by atoms with Gasteiger partial charge < -0.3 is 0 Å². The highest BCUT2D eigenvalue weighted by Crippen LogP contribution is 2.26. The van der Waals surface area contributed by atoms with E-state index in [1.807, 2.05) is 22.9 Å². The van der Waals surface area contributed by atoms with Gasteiger partial charge in [-0.25, -0.2) is 0 Å². The van der Waals surface area contributed by atoms with Crippen molar-refractivity contribution in [1.29, 1.82) is 5.26 Å². The van der Waals surface area contributed by atoms with Crippen molar-refractivity contribution < 1.29 is 0 Å². The highest BCUT2D eigenvalue weighted by molar-refractivity contribution is 9.10. The van der Waals surface area contributed by atoms with Crippen LogP contribution in [0.5, 0.6) is 0 Å². The van der Waals surface area contributed by atoms with Crippen LogP contribution in [0, 0.1) is 11.3 Å². The van der Waals surface area contributed by atoms with E-state index in [1.165, 1.54) is 0 Å². The summed E-state index contributed by atoms with van der Waals surface area (Å²) in [7, 11) is 0. The minimum absolute atomic E-state index is 0.312. The number of benzene rings is 1. The zero-order chi connectivity index (χ0) is 11.0. The first kappa shape index (κ1) is 10.2. The molecule has 3 nitrogen and oxygen atoms in total. The van der Waals surface area contributed by atoms with Crippen molar-refractivity contribution in [1.82, 2.24) is 9.78 Å². The van der Waals surface area contributed by atoms with Crippen molar-refractivity contribution in [3.8, 4) is 6.07 Å². The molecule has 2 rings (SSSR count). The Kier molecular flexibility index (Phi) is 2.49. The van der Waals surface area contributed by atoms with Gasteiger partial charge in [0.25, 0.3) is 0 Å². The Balaban J connectivity index is 2.76. The van der Waals surface area contributed by atoms with Crippen LogP contribution in [-0.2, 0) is 0 Å². The standard InChI is InChI=1S/C11H10BrN3/c1-7(2)15-10-4-3-8(6-13)5-9(10)11(12)14-15/h3-5,7H,1-2H3. The fourth-order valence-corrected chi connectivity index (χ4v) is 2.06. The highest BCUT2D eigenvalue weighted by atomic mass is 79.9. The molecule has 0 aliphatic carbocycles. The van der Waals surface area contributed by atoms with Crippen LogP contribution in [0.1, 0.15) is 25.5 Å². The SMILES string of the molecule is CC(C)n1nc(Br)c2cc(C#N)ccc21. The summed E-state index contributed by atoms with van der Waals surface area (Å²) in [6.45, 7) is 4.16. The van der Waals surface area contributed by atoms with E-state index in [9.17, 15) is 0 Å². The van der Waals surface area contributed by atoms with Gasteiger partial charge in [-0.15, -0.1) is 0 Å². The number of hydrogen-bond acceptors (Lipinski definition) is 2. The molecule has 4 heteroatoms. The van der Waals surface area contributed by atoms with Crippen LogP contribution < -0.4 is 0 Å². The van der Waals surface area contributed by atoms with Gasteiger partial charge in [0.15, 0.2) is 0 Å². The molecule has 1 heterocycles. The average molecular weight is 264 g/mol. The third-order valence-electron chi connectivity index (χ3n) is 2.28. The number of rotatable bonds is 1. The summed E-state index contributed by atoms with van der Waals surface area (Å²) in [5.41, 5.74) is 1.71. The lowest BCUT2D eigenvalue weighted by Crippen LogP contribution is -2.01. The van der Waals surface area contributed by atoms with Crippen molar-refractivity contribution in [2.24, 2.45) is 0 Å². The molecule has 0 aliphatic heterocycles. The number of halogens is 1. The molecule has 0 radical (unpaired) electrons.